The first-order chi connectivity index (χ1) is 10.1. The zero-order chi connectivity index (χ0) is 15.2. The molecule has 1 aliphatic heterocycles. The van der Waals surface area contributed by atoms with Gasteiger partial charge in [-0.25, -0.2) is 0 Å². The number of carbonyl (C=O) groups is 1. The summed E-state index contributed by atoms with van der Waals surface area (Å²) in [6, 6.07) is 1.55. The van der Waals surface area contributed by atoms with E-state index in [0.29, 0.717) is 22.4 Å². The predicted octanol–water partition coefficient (Wildman–Crippen LogP) is 2.08. The molecule has 7 heteroatoms. The highest BCUT2D eigenvalue weighted by Crippen LogP contribution is 2.21. The Morgan fingerprint density at radius 3 is 2.62 bits per heavy atom. The molecule has 118 valence electrons. The number of H-pyrrole nitrogens is 1. The zero-order valence-electron chi connectivity index (χ0n) is 12.3. The molecule has 1 amide bonds. The van der Waals surface area contributed by atoms with Gasteiger partial charge in [0.05, 0.1) is 5.02 Å². The van der Waals surface area contributed by atoms with Crippen molar-refractivity contribution in [3.63, 3.8) is 0 Å². The number of nitrogens with one attached hydrogen (secondary N) is 2. The third-order valence-corrected chi connectivity index (χ3v) is 4.45. The van der Waals surface area contributed by atoms with Gasteiger partial charge in [0.25, 0.3) is 5.91 Å². The Morgan fingerprint density at radius 1 is 1.29 bits per heavy atom. The Morgan fingerprint density at radius 2 is 2.00 bits per heavy atom. The van der Waals surface area contributed by atoms with E-state index >= 15 is 0 Å². The molecule has 5 nitrogen and oxygen atoms in total. The van der Waals surface area contributed by atoms with Crippen LogP contribution in [0.15, 0.2) is 6.07 Å². The maximum Gasteiger partial charge on any atom is 0.267 e. The third kappa shape index (κ3) is 5.18. The summed E-state index contributed by atoms with van der Waals surface area (Å²) < 4.78 is 0. The maximum absolute atomic E-state index is 11.8. The Bertz CT molecular complexity index is 450. The Balaban J connectivity index is 1.58. The van der Waals surface area contributed by atoms with E-state index in [9.17, 15) is 4.79 Å². The van der Waals surface area contributed by atoms with Gasteiger partial charge in [-0.05, 0) is 32.5 Å². The molecule has 2 heterocycles. The minimum Gasteiger partial charge on any atom is -0.351 e. The van der Waals surface area contributed by atoms with E-state index in [1.165, 1.54) is 0 Å². The zero-order valence-corrected chi connectivity index (χ0v) is 13.8. The Labute approximate surface area is 135 Å². The molecule has 1 aromatic rings. The van der Waals surface area contributed by atoms with Gasteiger partial charge in [-0.2, -0.15) is 0 Å². The molecule has 0 radical (unpaired) electrons. The van der Waals surface area contributed by atoms with E-state index in [4.69, 9.17) is 23.2 Å². The maximum atomic E-state index is 11.8. The number of hydrogen-bond acceptors (Lipinski definition) is 3. The summed E-state index contributed by atoms with van der Waals surface area (Å²) in [7, 11) is 2.16. The van der Waals surface area contributed by atoms with Gasteiger partial charge in [0.15, 0.2) is 0 Å². The number of rotatable bonds is 6. The molecule has 2 rings (SSSR count). The first kappa shape index (κ1) is 16.6. The number of carbonyl (C=O) groups excluding carboxylic acids is 1. The van der Waals surface area contributed by atoms with E-state index in [0.717, 1.165) is 45.6 Å². The average Bonchev–Trinajstić information content (AvgIpc) is 2.80. The second-order valence-electron chi connectivity index (χ2n) is 5.45. The van der Waals surface area contributed by atoms with Crippen LogP contribution in [0.4, 0.5) is 0 Å². The standard InChI is InChI=1S/C14H22Cl2N4O/c1-19-6-8-20(9-7-19)5-3-2-4-17-14(21)12-10-11(15)13(16)18-12/h10,18H,2-9H2,1H3,(H,17,21). The largest absolute Gasteiger partial charge is 0.351 e. The monoisotopic (exact) mass is 332 g/mol. The summed E-state index contributed by atoms with van der Waals surface area (Å²) in [6.07, 6.45) is 2.07. The summed E-state index contributed by atoms with van der Waals surface area (Å²) in [4.78, 5) is 19.4. The second-order valence-corrected chi connectivity index (χ2v) is 6.24. The van der Waals surface area contributed by atoms with E-state index in [1.54, 1.807) is 6.07 Å². The molecule has 1 aliphatic rings. The molecule has 0 bridgehead atoms. The molecule has 1 aromatic heterocycles. The van der Waals surface area contributed by atoms with Crippen LogP contribution in [-0.4, -0.2) is 67.0 Å². The molecule has 2 N–H and O–H groups in total. The van der Waals surface area contributed by atoms with Crippen molar-refractivity contribution >= 4 is 29.1 Å². The van der Waals surface area contributed by atoms with E-state index in [-0.39, 0.29) is 5.91 Å². The van der Waals surface area contributed by atoms with Crippen LogP contribution in [0.2, 0.25) is 10.2 Å². The molecular formula is C14H22Cl2N4O. The van der Waals surface area contributed by atoms with Crippen LogP contribution in [0.1, 0.15) is 23.3 Å². The van der Waals surface area contributed by atoms with E-state index in [1.807, 2.05) is 0 Å². The lowest BCUT2D eigenvalue weighted by atomic mass is 10.2. The van der Waals surface area contributed by atoms with Gasteiger partial charge < -0.3 is 20.1 Å². The molecule has 0 spiro atoms. The topological polar surface area (TPSA) is 51.4 Å². The number of likely N-dealkylation sites (N-methyl/N-ethyl adjacent to an activating group) is 1. The number of halogens is 2. The number of aromatic amines is 1. The van der Waals surface area contributed by atoms with Gasteiger partial charge in [-0.1, -0.05) is 23.2 Å². The first-order valence-electron chi connectivity index (χ1n) is 7.29. The van der Waals surface area contributed by atoms with Crippen molar-refractivity contribution in [2.75, 3.05) is 46.3 Å². The average molecular weight is 333 g/mol. The number of hydrogen-bond donors (Lipinski definition) is 2. The van der Waals surface area contributed by atoms with Crippen LogP contribution < -0.4 is 5.32 Å². The Hall–Kier alpha value is -0.750. The van der Waals surface area contributed by atoms with Crippen molar-refractivity contribution in [2.45, 2.75) is 12.8 Å². The smallest absolute Gasteiger partial charge is 0.267 e. The van der Waals surface area contributed by atoms with Crippen molar-refractivity contribution < 1.29 is 4.79 Å². The van der Waals surface area contributed by atoms with Gasteiger partial charge in [-0.3, -0.25) is 4.79 Å². The normalized spacial score (nSPS) is 17.1. The SMILES string of the molecule is CN1CCN(CCCCNC(=O)c2cc(Cl)c(Cl)[nH]2)CC1. The fourth-order valence-corrected chi connectivity index (χ4v) is 2.67. The second kappa shape index (κ2) is 8.03. The molecular weight excluding hydrogens is 311 g/mol. The molecule has 0 saturated carbocycles. The Kier molecular flexibility index (Phi) is 6.36. The summed E-state index contributed by atoms with van der Waals surface area (Å²) in [5.74, 6) is -0.164. The minimum absolute atomic E-state index is 0.164. The number of aromatic nitrogens is 1. The summed E-state index contributed by atoms with van der Waals surface area (Å²) >= 11 is 11.6. The lowest BCUT2D eigenvalue weighted by Crippen LogP contribution is -2.44. The van der Waals surface area contributed by atoms with E-state index in [2.05, 4.69) is 27.1 Å². The molecule has 0 atom stereocenters. The van der Waals surface area contributed by atoms with E-state index < -0.39 is 0 Å². The van der Waals surface area contributed by atoms with Crippen LogP contribution in [-0.2, 0) is 0 Å². The summed E-state index contributed by atoms with van der Waals surface area (Å²) in [5, 5.41) is 3.54. The van der Waals surface area contributed by atoms with Crippen molar-refractivity contribution in [1.82, 2.24) is 20.1 Å². The highest BCUT2D eigenvalue weighted by molar-refractivity contribution is 6.41. The summed E-state index contributed by atoms with van der Waals surface area (Å²) in [6.45, 7) is 6.34. The van der Waals surface area contributed by atoms with Crippen LogP contribution in [0, 0.1) is 0 Å². The quantitative estimate of drug-likeness (QED) is 0.784. The number of unbranched alkanes of at least 4 members (excludes halogenated alkanes) is 1. The lowest BCUT2D eigenvalue weighted by molar-refractivity contribution is 0.0947. The van der Waals surface area contributed by atoms with Gasteiger partial charge in [0.2, 0.25) is 0 Å². The number of amides is 1. The lowest BCUT2D eigenvalue weighted by Gasteiger charge is -2.32. The van der Waals surface area contributed by atoms with Crippen LogP contribution in [0.3, 0.4) is 0 Å². The molecule has 0 aliphatic carbocycles. The third-order valence-electron chi connectivity index (χ3n) is 3.75. The van der Waals surface area contributed by atoms with Gasteiger partial charge >= 0.3 is 0 Å². The highest BCUT2D eigenvalue weighted by Gasteiger charge is 2.13. The number of piperazine rings is 1. The van der Waals surface area contributed by atoms with Crippen molar-refractivity contribution in [3.8, 4) is 0 Å². The van der Waals surface area contributed by atoms with Gasteiger partial charge in [0.1, 0.15) is 10.8 Å². The molecule has 0 unspecified atom stereocenters. The molecule has 0 aromatic carbocycles. The van der Waals surface area contributed by atoms with Crippen LogP contribution in [0.5, 0.6) is 0 Å². The minimum atomic E-state index is -0.164. The fraction of sp³-hybridized carbons (Fsp3) is 0.643. The van der Waals surface area contributed by atoms with Crippen molar-refractivity contribution in [3.05, 3.63) is 21.9 Å². The first-order valence-corrected chi connectivity index (χ1v) is 8.05. The number of nitrogens with zero attached hydrogens (tertiary/aromatic N) is 2. The fourth-order valence-electron chi connectivity index (χ4n) is 2.36. The van der Waals surface area contributed by atoms with Gasteiger partial charge in [0, 0.05) is 32.7 Å². The van der Waals surface area contributed by atoms with Crippen LogP contribution >= 0.6 is 23.2 Å². The molecule has 1 fully saturated rings. The highest BCUT2D eigenvalue weighted by atomic mass is 35.5. The predicted molar refractivity (Wildman–Crippen MR) is 86.3 cm³/mol. The molecule has 21 heavy (non-hydrogen) atoms. The molecule has 1 saturated heterocycles. The van der Waals surface area contributed by atoms with Crippen molar-refractivity contribution in [1.29, 1.82) is 0 Å². The van der Waals surface area contributed by atoms with Crippen molar-refractivity contribution in [2.24, 2.45) is 0 Å². The van der Waals surface area contributed by atoms with Crippen LogP contribution in [0.25, 0.3) is 0 Å². The van der Waals surface area contributed by atoms with Gasteiger partial charge in [-0.15, -0.1) is 0 Å². The summed E-state index contributed by atoms with van der Waals surface area (Å²) in [5.41, 5.74) is 0.407.